The molecule has 0 aliphatic carbocycles. The second-order valence-corrected chi connectivity index (χ2v) is 8.85. The summed E-state index contributed by atoms with van der Waals surface area (Å²) in [7, 11) is 1.03. The molecule has 4 atom stereocenters. The zero-order valence-electron chi connectivity index (χ0n) is 18.8. The van der Waals surface area contributed by atoms with E-state index in [4.69, 9.17) is 4.74 Å². The van der Waals surface area contributed by atoms with Crippen LogP contribution in [0.3, 0.4) is 0 Å². The molecule has 1 aromatic carbocycles. The van der Waals surface area contributed by atoms with Gasteiger partial charge in [0.15, 0.2) is 11.5 Å². The molecule has 0 amide bonds. The standard InChI is InChI=1S/C20H22F6INO8/c1-4-35-15(30)12-11(8-6-9(27)14(29)10(7-8)34-3)13(16(31)36-5-2)18(33,20(24,25)26)28-17(12,32)19(21,22)23/h6-7,11-13,28-29,32-33H,4-5H2,1-3H3. The van der Waals surface area contributed by atoms with E-state index in [0.717, 1.165) is 19.2 Å². The van der Waals surface area contributed by atoms with Gasteiger partial charge in [-0.3, -0.25) is 9.59 Å². The Labute approximate surface area is 213 Å². The molecule has 0 saturated carbocycles. The van der Waals surface area contributed by atoms with E-state index >= 15 is 0 Å². The van der Waals surface area contributed by atoms with Gasteiger partial charge in [0.05, 0.1) is 23.9 Å². The molecule has 16 heteroatoms. The first kappa shape index (κ1) is 30.2. The summed E-state index contributed by atoms with van der Waals surface area (Å²) in [6.45, 7) is 1.30. The number of ether oxygens (including phenoxy) is 3. The lowest BCUT2D eigenvalue weighted by molar-refractivity contribution is -0.376. The van der Waals surface area contributed by atoms with Gasteiger partial charge in [-0.2, -0.15) is 26.3 Å². The molecule has 2 rings (SSSR count). The van der Waals surface area contributed by atoms with E-state index in [9.17, 15) is 51.3 Å². The number of hydrogen-bond donors (Lipinski definition) is 4. The quantitative estimate of drug-likeness (QED) is 0.209. The average Bonchev–Trinajstić information content (AvgIpc) is 2.73. The van der Waals surface area contributed by atoms with Crippen LogP contribution in [0.4, 0.5) is 26.3 Å². The van der Waals surface area contributed by atoms with Gasteiger partial charge in [0.2, 0.25) is 11.4 Å². The number of carbonyl (C=O) groups excluding carboxylic acids is 2. The number of esters is 2. The number of rotatable bonds is 6. The summed E-state index contributed by atoms with van der Waals surface area (Å²) in [6, 6.07) is 1.65. The molecule has 9 nitrogen and oxygen atoms in total. The maximum atomic E-state index is 14.2. The molecular weight excluding hydrogens is 623 g/mol. The first-order valence-corrected chi connectivity index (χ1v) is 11.3. The second-order valence-electron chi connectivity index (χ2n) is 7.69. The van der Waals surface area contributed by atoms with Crippen molar-refractivity contribution in [2.45, 2.75) is 43.6 Å². The highest BCUT2D eigenvalue weighted by Crippen LogP contribution is 2.56. The van der Waals surface area contributed by atoms with Crippen molar-refractivity contribution in [3.63, 3.8) is 0 Å². The molecule has 0 radical (unpaired) electrons. The molecule has 1 fully saturated rings. The van der Waals surface area contributed by atoms with Crippen LogP contribution in [0.1, 0.15) is 25.3 Å². The lowest BCUT2D eigenvalue weighted by Gasteiger charge is -2.54. The highest BCUT2D eigenvalue weighted by Gasteiger charge is 2.78. The largest absolute Gasteiger partial charge is 0.504 e. The first-order valence-electron chi connectivity index (χ1n) is 10.2. The topological polar surface area (TPSA) is 135 Å². The Morgan fingerprint density at radius 2 is 1.39 bits per heavy atom. The van der Waals surface area contributed by atoms with Crippen LogP contribution in [-0.2, 0) is 19.1 Å². The highest BCUT2D eigenvalue weighted by atomic mass is 127. The predicted molar refractivity (Wildman–Crippen MR) is 116 cm³/mol. The van der Waals surface area contributed by atoms with Crippen molar-refractivity contribution in [3.8, 4) is 11.5 Å². The minimum atomic E-state index is -6.00. The number of methoxy groups -OCH3 is 1. The molecule has 1 aromatic rings. The van der Waals surface area contributed by atoms with Crippen LogP contribution in [0, 0.1) is 15.4 Å². The number of carbonyl (C=O) groups is 2. The molecular formula is C20H22F6INO8. The van der Waals surface area contributed by atoms with Crippen LogP contribution in [0.5, 0.6) is 11.5 Å². The Hall–Kier alpha value is -2.05. The van der Waals surface area contributed by atoms with Crippen LogP contribution in [-0.4, -0.2) is 71.4 Å². The van der Waals surface area contributed by atoms with Gasteiger partial charge in [0, 0.05) is 5.92 Å². The summed E-state index contributed by atoms with van der Waals surface area (Å²) in [5.41, 5.74) is -10.1. The maximum absolute atomic E-state index is 14.2. The molecule has 0 aromatic heterocycles. The van der Waals surface area contributed by atoms with Crippen LogP contribution in [0.2, 0.25) is 0 Å². The van der Waals surface area contributed by atoms with Gasteiger partial charge in [-0.25, -0.2) is 5.32 Å². The van der Waals surface area contributed by atoms with Crippen LogP contribution >= 0.6 is 22.6 Å². The third-order valence-electron chi connectivity index (χ3n) is 5.60. The summed E-state index contributed by atoms with van der Waals surface area (Å²) in [4.78, 5) is 25.6. The Balaban J connectivity index is 3.07. The molecule has 1 aliphatic rings. The van der Waals surface area contributed by atoms with Crippen LogP contribution in [0.25, 0.3) is 0 Å². The van der Waals surface area contributed by atoms with Gasteiger partial charge in [-0.15, -0.1) is 0 Å². The number of alkyl halides is 6. The number of aliphatic hydroxyl groups is 2. The summed E-state index contributed by atoms with van der Waals surface area (Å²) < 4.78 is 99.1. The number of aromatic hydroxyl groups is 1. The monoisotopic (exact) mass is 645 g/mol. The normalized spacial score (nSPS) is 28.9. The summed E-state index contributed by atoms with van der Waals surface area (Å²) in [6.07, 6.45) is -12.0. The zero-order valence-corrected chi connectivity index (χ0v) is 21.0. The number of piperidine rings is 1. The third kappa shape index (κ3) is 5.04. The number of hydrogen-bond acceptors (Lipinski definition) is 9. The molecule has 204 valence electrons. The molecule has 36 heavy (non-hydrogen) atoms. The van der Waals surface area contributed by atoms with Gasteiger partial charge in [-0.05, 0) is 54.1 Å². The van der Waals surface area contributed by atoms with Crippen molar-refractivity contribution in [2.24, 2.45) is 11.8 Å². The Bertz CT molecular complexity index is 958. The SMILES string of the molecule is CCOC(=O)C1C(c2cc(I)c(O)c(OC)c2)C(C(=O)OCC)C(O)(C(F)(F)F)NC1(O)C(F)(F)F. The molecule has 1 aliphatic heterocycles. The van der Waals surface area contributed by atoms with Gasteiger partial charge in [0.1, 0.15) is 11.8 Å². The van der Waals surface area contributed by atoms with Crippen molar-refractivity contribution >= 4 is 34.5 Å². The summed E-state index contributed by atoms with van der Waals surface area (Å²) >= 11 is 1.48. The fraction of sp³-hybridized carbons (Fsp3) is 0.600. The second kappa shape index (κ2) is 10.4. The highest BCUT2D eigenvalue weighted by molar-refractivity contribution is 14.1. The van der Waals surface area contributed by atoms with Gasteiger partial charge in [-0.1, -0.05) is 0 Å². The lowest BCUT2D eigenvalue weighted by atomic mass is 9.64. The summed E-state index contributed by atoms with van der Waals surface area (Å²) in [5, 5.41) is 32.1. The smallest absolute Gasteiger partial charge is 0.432 e. The van der Waals surface area contributed by atoms with Gasteiger partial charge < -0.3 is 29.5 Å². The van der Waals surface area contributed by atoms with E-state index in [2.05, 4.69) is 9.47 Å². The third-order valence-corrected chi connectivity index (χ3v) is 6.42. The van der Waals surface area contributed by atoms with E-state index in [1.54, 1.807) is 0 Å². The minimum Gasteiger partial charge on any atom is -0.504 e. The fourth-order valence-corrected chi connectivity index (χ4v) is 4.70. The van der Waals surface area contributed by atoms with Crippen LogP contribution < -0.4 is 10.1 Å². The van der Waals surface area contributed by atoms with Gasteiger partial charge >= 0.3 is 24.3 Å². The molecule has 0 spiro atoms. The molecule has 1 saturated heterocycles. The first-order chi connectivity index (χ1) is 16.4. The van der Waals surface area contributed by atoms with Gasteiger partial charge in [0.25, 0.3) is 0 Å². The van der Waals surface area contributed by atoms with Crippen molar-refractivity contribution in [1.29, 1.82) is 0 Å². The predicted octanol–water partition coefficient (Wildman–Crippen LogP) is 2.55. The maximum Gasteiger partial charge on any atom is 0.432 e. The zero-order chi connectivity index (χ0) is 27.9. The molecule has 4 unspecified atom stereocenters. The lowest BCUT2D eigenvalue weighted by Crippen LogP contribution is -2.81. The molecule has 4 N–H and O–H groups in total. The Morgan fingerprint density at radius 3 is 1.72 bits per heavy atom. The van der Waals surface area contributed by atoms with E-state index in [1.165, 1.54) is 36.4 Å². The van der Waals surface area contributed by atoms with E-state index in [0.29, 0.717) is 5.32 Å². The Kier molecular flexibility index (Phi) is 8.69. The summed E-state index contributed by atoms with van der Waals surface area (Å²) in [5.74, 6) is -13.1. The van der Waals surface area contributed by atoms with E-state index in [1.807, 2.05) is 0 Å². The van der Waals surface area contributed by atoms with Crippen molar-refractivity contribution in [1.82, 2.24) is 5.32 Å². The number of nitrogens with one attached hydrogen (secondary N) is 1. The fourth-order valence-electron chi connectivity index (χ4n) is 4.08. The minimum absolute atomic E-state index is 0.156. The Morgan fingerprint density at radius 1 is 0.972 bits per heavy atom. The van der Waals surface area contributed by atoms with Crippen molar-refractivity contribution < 1.29 is 65.5 Å². The number of phenols is 1. The van der Waals surface area contributed by atoms with Crippen LogP contribution in [0.15, 0.2) is 12.1 Å². The van der Waals surface area contributed by atoms with E-state index in [-0.39, 0.29) is 3.57 Å². The molecule has 1 heterocycles. The average molecular weight is 645 g/mol. The van der Waals surface area contributed by atoms with E-state index < -0.39 is 83.8 Å². The number of halogens is 7. The number of benzene rings is 1. The number of phenolic OH excluding ortho intramolecular Hbond substituents is 1. The van der Waals surface area contributed by atoms with Crippen molar-refractivity contribution in [2.75, 3.05) is 20.3 Å². The molecule has 0 bridgehead atoms. The van der Waals surface area contributed by atoms with Crippen molar-refractivity contribution in [3.05, 3.63) is 21.3 Å².